The van der Waals surface area contributed by atoms with Crippen LogP contribution in [0.4, 0.5) is 14.5 Å². The molecule has 1 heterocycles. The number of carbonyl (C=O) groups excluding carboxylic acids is 2. The van der Waals surface area contributed by atoms with Crippen molar-refractivity contribution in [1.29, 1.82) is 0 Å². The second-order valence-electron chi connectivity index (χ2n) is 6.04. The van der Waals surface area contributed by atoms with Gasteiger partial charge < -0.3 is 15.3 Å². The molecule has 8 heteroatoms. The number of hydrogen-bond acceptors (Lipinski definition) is 3. The maximum Gasteiger partial charge on any atom is 0.326 e. The molecule has 1 aliphatic rings. The first-order chi connectivity index (χ1) is 11.8. The molecule has 25 heavy (non-hydrogen) atoms. The molecule has 0 spiro atoms. The van der Waals surface area contributed by atoms with Gasteiger partial charge in [0.2, 0.25) is 11.8 Å². The molecule has 1 aromatic carbocycles. The second-order valence-corrected chi connectivity index (χ2v) is 6.04. The van der Waals surface area contributed by atoms with E-state index in [2.05, 4.69) is 5.32 Å². The summed E-state index contributed by atoms with van der Waals surface area (Å²) < 4.78 is 26.8. The first-order valence-corrected chi connectivity index (χ1v) is 8.12. The highest BCUT2D eigenvalue weighted by atomic mass is 19.1. The van der Waals surface area contributed by atoms with Gasteiger partial charge in [0.15, 0.2) is 0 Å². The Morgan fingerprint density at radius 2 is 2.12 bits per heavy atom. The topological polar surface area (TPSA) is 86.7 Å². The molecule has 0 bridgehead atoms. The van der Waals surface area contributed by atoms with Gasteiger partial charge in [-0.25, -0.2) is 13.6 Å². The highest BCUT2D eigenvalue weighted by Gasteiger charge is 2.37. The molecular formula is C17H20F2N2O4. The summed E-state index contributed by atoms with van der Waals surface area (Å²) >= 11 is 0. The summed E-state index contributed by atoms with van der Waals surface area (Å²) in [5.41, 5.74) is -0.0949. The van der Waals surface area contributed by atoms with Crippen molar-refractivity contribution in [2.24, 2.45) is 5.92 Å². The number of carboxylic acids is 1. The van der Waals surface area contributed by atoms with Crippen LogP contribution in [0.25, 0.3) is 0 Å². The van der Waals surface area contributed by atoms with Crippen LogP contribution >= 0.6 is 0 Å². The summed E-state index contributed by atoms with van der Waals surface area (Å²) in [6.07, 6.45) is 1.59. The van der Waals surface area contributed by atoms with Gasteiger partial charge in [0.05, 0.1) is 11.6 Å². The van der Waals surface area contributed by atoms with E-state index in [4.69, 9.17) is 5.11 Å². The van der Waals surface area contributed by atoms with Crippen molar-refractivity contribution < 1.29 is 28.3 Å². The van der Waals surface area contributed by atoms with Gasteiger partial charge >= 0.3 is 5.97 Å². The summed E-state index contributed by atoms with van der Waals surface area (Å²) in [6.45, 7) is 1.83. The van der Waals surface area contributed by atoms with E-state index in [1.165, 1.54) is 0 Å². The van der Waals surface area contributed by atoms with Crippen molar-refractivity contribution in [2.75, 3.05) is 11.4 Å². The first kappa shape index (κ1) is 18.8. The predicted molar refractivity (Wildman–Crippen MR) is 85.9 cm³/mol. The maximum absolute atomic E-state index is 13.8. The van der Waals surface area contributed by atoms with Crippen LogP contribution < -0.4 is 10.2 Å². The molecule has 1 aliphatic heterocycles. The number of nitrogens with zero attached hydrogens (tertiary/aromatic N) is 1. The summed E-state index contributed by atoms with van der Waals surface area (Å²) in [7, 11) is 0. The number of aliphatic carboxylic acids is 1. The number of rotatable bonds is 7. The molecule has 1 fully saturated rings. The van der Waals surface area contributed by atoms with E-state index < -0.39 is 41.4 Å². The number of unbranched alkanes of at least 4 members (excludes halogenated alkanes) is 1. The maximum atomic E-state index is 13.8. The minimum atomic E-state index is -1.13. The Hall–Kier alpha value is -2.51. The quantitative estimate of drug-likeness (QED) is 0.785. The van der Waals surface area contributed by atoms with Crippen LogP contribution in [0.15, 0.2) is 18.2 Å². The van der Waals surface area contributed by atoms with E-state index in [9.17, 15) is 23.2 Å². The molecule has 0 aliphatic carbocycles. The molecule has 2 atom stereocenters. The lowest BCUT2D eigenvalue weighted by Crippen LogP contribution is -2.44. The Kier molecular flexibility index (Phi) is 6.06. The van der Waals surface area contributed by atoms with Crippen LogP contribution in [-0.2, 0) is 14.4 Å². The number of carboxylic acid groups (broad SMARTS) is 1. The predicted octanol–water partition coefficient (Wildman–Crippen LogP) is 2.08. The molecule has 2 N–H and O–H groups in total. The van der Waals surface area contributed by atoms with E-state index in [-0.39, 0.29) is 18.7 Å². The molecule has 2 rings (SSSR count). The van der Waals surface area contributed by atoms with Crippen molar-refractivity contribution >= 4 is 23.5 Å². The Labute approximate surface area is 143 Å². The number of halogens is 2. The summed E-state index contributed by atoms with van der Waals surface area (Å²) in [4.78, 5) is 36.7. The lowest BCUT2D eigenvalue weighted by atomic mass is 10.1. The van der Waals surface area contributed by atoms with Crippen LogP contribution in [-0.4, -0.2) is 35.5 Å². The summed E-state index contributed by atoms with van der Waals surface area (Å²) in [5, 5.41) is 11.6. The average Bonchev–Trinajstić information content (AvgIpc) is 2.93. The van der Waals surface area contributed by atoms with Crippen molar-refractivity contribution in [3.8, 4) is 0 Å². The van der Waals surface area contributed by atoms with E-state index in [1.807, 2.05) is 6.92 Å². The molecule has 6 nitrogen and oxygen atoms in total. The van der Waals surface area contributed by atoms with Gasteiger partial charge in [-0.1, -0.05) is 19.8 Å². The summed E-state index contributed by atoms with van der Waals surface area (Å²) in [6, 6.07) is 1.83. The molecule has 2 amide bonds. The number of carbonyl (C=O) groups is 3. The highest BCUT2D eigenvalue weighted by molar-refractivity contribution is 6.00. The first-order valence-electron chi connectivity index (χ1n) is 8.12. The minimum Gasteiger partial charge on any atom is -0.480 e. The van der Waals surface area contributed by atoms with Crippen LogP contribution in [0, 0.1) is 17.6 Å². The van der Waals surface area contributed by atoms with E-state index in [1.54, 1.807) is 0 Å². The lowest BCUT2D eigenvalue weighted by Gasteiger charge is -2.19. The van der Waals surface area contributed by atoms with E-state index in [0.717, 1.165) is 23.5 Å². The fourth-order valence-electron chi connectivity index (χ4n) is 2.77. The van der Waals surface area contributed by atoms with Crippen LogP contribution in [0.1, 0.15) is 32.6 Å². The van der Waals surface area contributed by atoms with Gasteiger partial charge in [-0.3, -0.25) is 9.59 Å². The smallest absolute Gasteiger partial charge is 0.326 e. The monoisotopic (exact) mass is 354 g/mol. The molecule has 0 radical (unpaired) electrons. The molecule has 1 saturated heterocycles. The highest BCUT2D eigenvalue weighted by Crippen LogP contribution is 2.28. The van der Waals surface area contributed by atoms with Crippen molar-refractivity contribution in [3.63, 3.8) is 0 Å². The fourth-order valence-corrected chi connectivity index (χ4v) is 2.77. The van der Waals surface area contributed by atoms with E-state index >= 15 is 0 Å². The Balaban J connectivity index is 2.05. The molecule has 1 aromatic rings. The third kappa shape index (κ3) is 4.52. The normalized spacial score (nSPS) is 18.3. The van der Waals surface area contributed by atoms with Crippen molar-refractivity contribution in [2.45, 2.75) is 38.6 Å². The molecule has 0 aromatic heterocycles. The van der Waals surface area contributed by atoms with Crippen LogP contribution in [0.2, 0.25) is 0 Å². The zero-order chi connectivity index (χ0) is 18.6. The number of nitrogens with one attached hydrogen (secondary N) is 1. The molecular weight excluding hydrogens is 334 g/mol. The van der Waals surface area contributed by atoms with Gasteiger partial charge in [-0.2, -0.15) is 0 Å². The summed E-state index contributed by atoms with van der Waals surface area (Å²) in [5.74, 6) is -4.58. The zero-order valence-electron chi connectivity index (χ0n) is 13.8. The second kappa shape index (κ2) is 8.04. The average molecular weight is 354 g/mol. The third-order valence-corrected chi connectivity index (χ3v) is 4.16. The SMILES string of the molecule is CCCC[C@H](NC(=O)C1CC(=O)N(c2ccc(F)cc2F)C1)C(=O)O. The number of benzene rings is 1. The Bertz CT molecular complexity index is 681. The Morgan fingerprint density at radius 3 is 2.72 bits per heavy atom. The minimum absolute atomic E-state index is 0.0761. The van der Waals surface area contributed by atoms with Crippen molar-refractivity contribution in [1.82, 2.24) is 5.32 Å². The van der Waals surface area contributed by atoms with Crippen LogP contribution in [0.5, 0.6) is 0 Å². The zero-order valence-corrected chi connectivity index (χ0v) is 13.8. The number of anilines is 1. The molecule has 136 valence electrons. The van der Waals surface area contributed by atoms with Gasteiger partial charge in [0, 0.05) is 19.0 Å². The van der Waals surface area contributed by atoms with Gasteiger partial charge in [0.1, 0.15) is 17.7 Å². The molecule has 1 unspecified atom stereocenters. The fraction of sp³-hybridized carbons (Fsp3) is 0.471. The standard InChI is InChI=1S/C17H20F2N2O4/c1-2-3-4-13(17(24)25)20-16(23)10-7-15(22)21(9-10)14-6-5-11(18)8-12(14)19/h5-6,8,10,13H,2-4,7,9H2,1H3,(H,20,23)(H,24,25)/t10?,13-/m0/s1. The third-order valence-electron chi connectivity index (χ3n) is 4.16. The number of amides is 2. The van der Waals surface area contributed by atoms with Gasteiger partial charge in [-0.15, -0.1) is 0 Å². The Morgan fingerprint density at radius 1 is 1.40 bits per heavy atom. The van der Waals surface area contributed by atoms with E-state index in [0.29, 0.717) is 18.9 Å². The number of hydrogen-bond donors (Lipinski definition) is 2. The lowest BCUT2D eigenvalue weighted by molar-refractivity contribution is -0.142. The van der Waals surface area contributed by atoms with Gasteiger partial charge in [0.25, 0.3) is 0 Å². The molecule has 0 saturated carbocycles. The largest absolute Gasteiger partial charge is 0.480 e. The van der Waals surface area contributed by atoms with Crippen LogP contribution in [0.3, 0.4) is 0 Å². The van der Waals surface area contributed by atoms with Gasteiger partial charge in [-0.05, 0) is 18.6 Å². The van der Waals surface area contributed by atoms with Crippen molar-refractivity contribution in [3.05, 3.63) is 29.8 Å².